The third-order valence-corrected chi connectivity index (χ3v) is 2.79. The first-order chi connectivity index (χ1) is 10.5. The first kappa shape index (κ1) is 14.1. The predicted octanol–water partition coefficient (Wildman–Crippen LogP) is 4.08. The Morgan fingerprint density at radius 1 is 0.909 bits per heavy atom. The van der Waals surface area contributed by atoms with Gasteiger partial charge in [-0.25, -0.2) is 4.68 Å². The summed E-state index contributed by atoms with van der Waals surface area (Å²) in [5, 5.41) is 3.47. The smallest absolute Gasteiger partial charge is 0.435 e. The molecule has 1 aromatic carbocycles. The molecule has 4 nitrogen and oxygen atoms in total. The van der Waals surface area contributed by atoms with Crippen molar-refractivity contribution in [1.29, 1.82) is 0 Å². The summed E-state index contributed by atoms with van der Waals surface area (Å²) in [5.41, 5.74) is -0.969. The van der Waals surface area contributed by atoms with Gasteiger partial charge in [-0.05, 0) is 24.3 Å². The summed E-state index contributed by atoms with van der Waals surface area (Å²) < 4.78 is 44.3. The quantitative estimate of drug-likeness (QED) is 0.732. The molecule has 0 fully saturated rings. The van der Waals surface area contributed by atoms with Crippen LogP contribution in [0.1, 0.15) is 5.69 Å². The lowest BCUT2D eigenvalue weighted by Gasteiger charge is -2.06. The fraction of sp³-hybridized carbons (Fsp3) is 0.0667. The molecule has 0 radical (unpaired) electrons. The third kappa shape index (κ3) is 3.08. The summed E-state index contributed by atoms with van der Waals surface area (Å²) in [6, 6.07) is 14.7. The second-order valence-electron chi connectivity index (χ2n) is 4.39. The summed E-state index contributed by atoms with van der Waals surface area (Å²) in [7, 11) is 0. The molecule has 0 aliphatic rings. The molecule has 0 unspecified atom stereocenters. The molecule has 2 aromatic heterocycles. The second kappa shape index (κ2) is 5.51. The van der Waals surface area contributed by atoms with Crippen LogP contribution in [0, 0.1) is 0 Å². The van der Waals surface area contributed by atoms with Gasteiger partial charge < -0.3 is 4.74 Å². The predicted molar refractivity (Wildman–Crippen MR) is 72.9 cm³/mol. The first-order valence-corrected chi connectivity index (χ1v) is 6.35. The summed E-state index contributed by atoms with van der Waals surface area (Å²) >= 11 is 0. The molecular formula is C15H10F3N3O. The SMILES string of the molecule is FC(F)(F)c1ccn(-c2cccc(Oc3ccccc3)n2)n1. The van der Waals surface area contributed by atoms with Crippen LogP contribution < -0.4 is 4.74 Å². The molecular weight excluding hydrogens is 295 g/mol. The number of aromatic nitrogens is 3. The van der Waals surface area contributed by atoms with Crippen molar-refractivity contribution >= 4 is 0 Å². The van der Waals surface area contributed by atoms with Crippen molar-refractivity contribution in [2.45, 2.75) is 6.18 Å². The normalized spacial score (nSPS) is 11.4. The lowest BCUT2D eigenvalue weighted by Crippen LogP contribution is -2.07. The van der Waals surface area contributed by atoms with Gasteiger partial charge in [-0.2, -0.15) is 23.3 Å². The molecule has 0 bridgehead atoms. The van der Waals surface area contributed by atoms with Crippen molar-refractivity contribution in [3.63, 3.8) is 0 Å². The van der Waals surface area contributed by atoms with Crippen molar-refractivity contribution in [2.24, 2.45) is 0 Å². The van der Waals surface area contributed by atoms with Gasteiger partial charge in [0.25, 0.3) is 0 Å². The van der Waals surface area contributed by atoms with Gasteiger partial charge in [-0.15, -0.1) is 0 Å². The summed E-state index contributed by atoms with van der Waals surface area (Å²) in [5.74, 6) is 1.10. The molecule has 0 aliphatic carbocycles. The maximum absolute atomic E-state index is 12.6. The van der Waals surface area contributed by atoms with E-state index in [4.69, 9.17) is 4.74 Å². The standard InChI is InChI=1S/C15H10F3N3O/c16-15(17,18)12-9-10-21(20-12)13-7-4-8-14(19-13)22-11-5-2-1-3-6-11/h1-10H. The lowest BCUT2D eigenvalue weighted by atomic mass is 10.3. The van der Waals surface area contributed by atoms with E-state index < -0.39 is 11.9 Å². The number of pyridine rings is 1. The van der Waals surface area contributed by atoms with Crippen LogP contribution in [0.2, 0.25) is 0 Å². The first-order valence-electron chi connectivity index (χ1n) is 6.35. The highest BCUT2D eigenvalue weighted by atomic mass is 19.4. The number of para-hydroxylation sites is 1. The number of ether oxygens (including phenoxy) is 1. The molecule has 7 heteroatoms. The minimum absolute atomic E-state index is 0.240. The Balaban J connectivity index is 1.86. The van der Waals surface area contributed by atoms with E-state index in [1.807, 2.05) is 18.2 Å². The molecule has 22 heavy (non-hydrogen) atoms. The number of alkyl halides is 3. The van der Waals surface area contributed by atoms with Gasteiger partial charge in [0.2, 0.25) is 5.88 Å². The molecule has 3 rings (SSSR count). The maximum Gasteiger partial charge on any atom is 0.435 e. The van der Waals surface area contributed by atoms with E-state index in [9.17, 15) is 13.2 Å². The lowest BCUT2D eigenvalue weighted by molar-refractivity contribution is -0.141. The fourth-order valence-electron chi connectivity index (χ4n) is 1.80. The zero-order chi connectivity index (χ0) is 15.6. The molecule has 112 valence electrons. The van der Waals surface area contributed by atoms with Gasteiger partial charge >= 0.3 is 6.18 Å². The second-order valence-corrected chi connectivity index (χ2v) is 4.39. The molecule has 0 saturated heterocycles. The zero-order valence-electron chi connectivity index (χ0n) is 11.2. The Morgan fingerprint density at radius 3 is 2.36 bits per heavy atom. The Morgan fingerprint density at radius 2 is 1.68 bits per heavy atom. The van der Waals surface area contributed by atoms with Crippen LogP contribution in [0.15, 0.2) is 60.8 Å². The number of benzene rings is 1. The van der Waals surface area contributed by atoms with Crippen LogP contribution in [-0.2, 0) is 6.18 Å². The van der Waals surface area contributed by atoms with E-state index in [2.05, 4.69) is 10.1 Å². The van der Waals surface area contributed by atoms with E-state index in [0.717, 1.165) is 10.7 Å². The highest BCUT2D eigenvalue weighted by molar-refractivity contribution is 5.31. The largest absolute Gasteiger partial charge is 0.439 e. The van der Waals surface area contributed by atoms with E-state index in [-0.39, 0.29) is 11.7 Å². The Labute approximate surface area is 123 Å². The van der Waals surface area contributed by atoms with Gasteiger partial charge in [-0.3, -0.25) is 0 Å². The maximum atomic E-state index is 12.6. The molecule has 0 N–H and O–H groups in total. The van der Waals surface area contributed by atoms with Gasteiger partial charge in [0, 0.05) is 12.3 Å². The number of hydrogen-bond donors (Lipinski definition) is 0. The Kier molecular flexibility index (Phi) is 3.54. The summed E-state index contributed by atoms with van der Waals surface area (Å²) in [4.78, 5) is 4.14. The molecule has 2 heterocycles. The van der Waals surface area contributed by atoms with Crippen molar-refractivity contribution in [2.75, 3.05) is 0 Å². The minimum Gasteiger partial charge on any atom is -0.439 e. The minimum atomic E-state index is -4.48. The van der Waals surface area contributed by atoms with Crippen LogP contribution in [0.3, 0.4) is 0 Å². The highest BCUT2D eigenvalue weighted by Gasteiger charge is 2.33. The monoisotopic (exact) mass is 305 g/mol. The molecule has 0 aliphatic heterocycles. The molecule has 0 spiro atoms. The average molecular weight is 305 g/mol. The number of halogens is 3. The molecule has 3 aromatic rings. The van der Waals surface area contributed by atoms with E-state index in [1.165, 1.54) is 6.20 Å². The van der Waals surface area contributed by atoms with E-state index in [1.54, 1.807) is 30.3 Å². The van der Waals surface area contributed by atoms with Gasteiger partial charge in [0.1, 0.15) is 5.75 Å². The summed E-state index contributed by atoms with van der Waals surface area (Å²) in [6.07, 6.45) is -3.28. The zero-order valence-corrected chi connectivity index (χ0v) is 11.2. The third-order valence-electron chi connectivity index (χ3n) is 2.79. The molecule has 0 amide bonds. The Bertz CT molecular complexity index is 769. The fourth-order valence-corrected chi connectivity index (χ4v) is 1.80. The molecule has 0 saturated carbocycles. The number of nitrogens with zero attached hydrogens (tertiary/aromatic N) is 3. The van der Waals surface area contributed by atoms with Crippen molar-refractivity contribution in [1.82, 2.24) is 14.8 Å². The van der Waals surface area contributed by atoms with E-state index in [0.29, 0.717) is 5.75 Å². The van der Waals surface area contributed by atoms with Crippen LogP contribution >= 0.6 is 0 Å². The molecule has 0 atom stereocenters. The van der Waals surface area contributed by atoms with E-state index >= 15 is 0 Å². The van der Waals surface area contributed by atoms with Crippen LogP contribution in [0.25, 0.3) is 5.82 Å². The Hall–Kier alpha value is -2.83. The average Bonchev–Trinajstić information content (AvgIpc) is 2.99. The highest BCUT2D eigenvalue weighted by Crippen LogP contribution is 2.28. The summed E-state index contributed by atoms with van der Waals surface area (Å²) in [6.45, 7) is 0. The van der Waals surface area contributed by atoms with Crippen molar-refractivity contribution in [3.8, 4) is 17.4 Å². The van der Waals surface area contributed by atoms with Crippen molar-refractivity contribution in [3.05, 3.63) is 66.5 Å². The van der Waals surface area contributed by atoms with Gasteiger partial charge in [0.05, 0.1) is 0 Å². The van der Waals surface area contributed by atoms with Crippen LogP contribution in [0.5, 0.6) is 11.6 Å². The topological polar surface area (TPSA) is 39.9 Å². The van der Waals surface area contributed by atoms with Gasteiger partial charge in [-0.1, -0.05) is 24.3 Å². The van der Waals surface area contributed by atoms with Crippen LogP contribution in [-0.4, -0.2) is 14.8 Å². The van der Waals surface area contributed by atoms with Crippen LogP contribution in [0.4, 0.5) is 13.2 Å². The van der Waals surface area contributed by atoms with Crippen molar-refractivity contribution < 1.29 is 17.9 Å². The number of hydrogen-bond acceptors (Lipinski definition) is 3. The number of rotatable bonds is 3. The van der Waals surface area contributed by atoms with Gasteiger partial charge in [0.15, 0.2) is 11.5 Å².